The van der Waals surface area contributed by atoms with Gasteiger partial charge in [0.15, 0.2) is 0 Å². The lowest BCUT2D eigenvalue weighted by Gasteiger charge is -2.19. The molecule has 1 aliphatic heterocycles. The highest BCUT2D eigenvalue weighted by Crippen LogP contribution is 2.25. The van der Waals surface area contributed by atoms with Crippen molar-refractivity contribution in [1.29, 1.82) is 0 Å². The third kappa shape index (κ3) is 3.07. The first-order valence-electron chi connectivity index (χ1n) is 8.06. The number of carbonyl (C=O) groups is 2. The quantitative estimate of drug-likeness (QED) is 0.785. The molecule has 25 heavy (non-hydrogen) atoms. The number of esters is 1. The summed E-state index contributed by atoms with van der Waals surface area (Å²) in [7, 11) is 1.34. The van der Waals surface area contributed by atoms with Gasteiger partial charge in [0.2, 0.25) is 5.43 Å². The van der Waals surface area contributed by atoms with Crippen LogP contribution in [0.15, 0.2) is 29.3 Å². The summed E-state index contributed by atoms with van der Waals surface area (Å²) in [5.74, 6) is -0.658. The van der Waals surface area contributed by atoms with Crippen LogP contribution in [-0.2, 0) is 9.47 Å². The van der Waals surface area contributed by atoms with E-state index in [0.29, 0.717) is 30.5 Å². The van der Waals surface area contributed by atoms with Crippen LogP contribution in [0.25, 0.3) is 11.0 Å². The van der Waals surface area contributed by atoms with E-state index in [2.05, 4.69) is 4.98 Å². The molecule has 0 spiro atoms. The van der Waals surface area contributed by atoms with Crippen LogP contribution in [0, 0.1) is 0 Å². The maximum absolute atomic E-state index is 12.6. The van der Waals surface area contributed by atoms with Gasteiger partial charge in [-0.1, -0.05) is 0 Å². The molecule has 1 atom stereocenters. The summed E-state index contributed by atoms with van der Waals surface area (Å²) < 4.78 is 11.5. The molecule has 2 aromatic heterocycles. The molecule has 132 valence electrons. The van der Waals surface area contributed by atoms with Crippen LogP contribution in [0.5, 0.6) is 0 Å². The minimum absolute atomic E-state index is 0.0288. The van der Waals surface area contributed by atoms with Crippen molar-refractivity contribution in [2.75, 3.05) is 26.8 Å². The van der Waals surface area contributed by atoms with Crippen LogP contribution in [-0.4, -0.2) is 53.3 Å². The summed E-state index contributed by atoms with van der Waals surface area (Å²) in [5.41, 5.74) is 0.0525. The molecule has 0 N–H and O–H groups in total. The number of amides is 1. The standard InChI is InChI=1S/C17H19N3O5/c1-3-25-16(22)13-10-20(11-6-8-19(9-11)17(23)24-2)15-12(14(13)21)5-4-7-18-15/h4-5,7,10-11H,3,6,8-9H2,1-2H3. The Morgan fingerprint density at radius 1 is 1.40 bits per heavy atom. The van der Waals surface area contributed by atoms with E-state index in [1.54, 1.807) is 34.7 Å². The average molecular weight is 345 g/mol. The molecular weight excluding hydrogens is 326 g/mol. The van der Waals surface area contributed by atoms with Gasteiger partial charge in [-0.15, -0.1) is 0 Å². The van der Waals surface area contributed by atoms with E-state index < -0.39 is 17.5 Å². The molecular formula is C17H19N3O5. The fourth-order valence-electron chi connectivity index (χ4n) is 3.08. The highest BCUT2D eigenvalue weighted by atomic mass is 16.5. The lowest BCUT2D eigenvalue weighted by atomic mass is 10.1. The van der Waals surface area contributed by atoms with Gasteiger partial charge in [-0.3, -0.25) is 4.79 Å². The molecule has 0 aliphatic carbocycles. The van der Waals surface area contributed by atoms with Crippen molar-refractivity contribution in [2.45, 2.75) is 19.4 Å². The molecule has 3 rings (SSSR count). The number of fused-ring (bicyclic) bond motifs is 1. The van der Waals surface area contributed by atoms with Crippen molar-refractivity contribution < 1.29 is 19.1 Å². The van der Waals surface area contributed by atoms with Crippen LogP contribution >= 0.6 is 0 Å². The number of carbonyl (C=O) groups excluding carboxylic acids is 2. The lowest BCUT2D eigenvalue weighted by Crippen LogP contribution is -2.29. The Morgan fingerprint density at radius 3 is 2.92 bits per heavy atom. The molecule has 8 nitrogen and oxygen atoms in total. The van der Waals surface area contributed by atoms with Crippen LogP contribution in [0.4, 0.5) is 4.79 Å². The van der Waals surface area contributed by atoms with Gasteiger partial charge in [0.25, 0.3) is 0 Å². The summed E-state index contributed by atoms with van der Waals surface area (Å²) in [6.45, 7) is 2.82. The fraction of sp³-hybridized carbons (Fsp3) is 0.412. The van der Waals surface area contributed by atoms with Crippen molar-refractivity contribution in [3.8, 4) is 0 Å². The summed E-state index contributed by atoms with van der Waals surface area (Å²) in [6.07, 6.45) is 3.36. The zero-order chi connectivity index (χ0) is 18.0. The zero-order valence-corrected chi connectivity index (χ0v) is 14.1. The molecule has 1 amide bonds. The summed E-state index contributed by atoms with van der Waals surface area (Å²) in [4.78, 5) is 42.4. The Bertz CT molecular complexity index is 876. The first kappa shape index (κ1) is 16.9. The average Bonchev–Trinajstić information content (AvgIpc) is 3.11. The third-order valence-electron chi connectivity index (χ3n) is 4.27. The van der Waals surface area contributed by atoms with Crippen LogP contribution in [0.1, 0.15) is 29.7 Å². The van der Waals surface area contributed by atoms with Crippen molar-refractivity contribution >= 4 is 23.1 Å². The van der Waals surface area contributed by atoms with Crippen molar-refractivity contribution in [2.24, 2.45) is 0 Å². The highest BCUT2D eigenvalue weighted by molar-refractivity contribution is 5.93. The topological polar surface area (TPSA) is 90.7 Å². The molecule has 1 saturated heterocycles. The monoisotopic (exact) mass is 345 g/mol. The molecule has 3 heterocycles. The number of aromatic nitrogens is 2. The maximum Gasteiger partial charge on any atom is 0.409 e. The predicted molar refractivity (Wildman–Crippen MR) is 89.6 cm³/mol. The number of nitrogens with zero attached hydrogens (tertiary/aromatic N) is 3. The smallest absolute Gasteiger partial charge is 0.409 e. The SMILES string of the molecule is CCOC(=O)c1cn(C2CCN(C(=O)OC)C2)c2ncccc2c1=O. The molecule has 1 fully saturated rings. The summed E-state index contributed by atoms with van der Waals surface area (Å²) >= 11 is 0. The second-order valence-corrected chi connectivity index (χ2v) is 5.73. The van der Waals surface area contributed by atoms with E-state index in [4.69, 9.17) is 9.47 Å². The molecule has 1 unspecified atom stereocenters. The summed E-state index contributed by atoms with van der Waals surface area (Å²) in [6, 6.07) is 3.18. The van der Waals surface area contributed by atoms with E-state index in [9.17, 15) is 14.4 Å². The summed E-state index contributed by atoms with van der Waals surface area (Å²) in [5, 5.41) is 0.351. The van der Waals surface area contributed by atoms with Gasteiger partial charge in [0.1, 0.15) is 11.2 Å². The van der Waals surface area contributed by atoms with E-state index >= 15 is 0 Å². The van der Waals surface area contributed by atoms with Gasteiger partial charge in [-0.2, -0.15) is 0 Å². The Morgan fingerprint density at radius 2 is 2.20 bits per heavy atom. The lowest BCUT2D eigenvalue weighted by molar-refractivity contribution is 0.0524. The molecule has 2 aromatic rings. The van der Waals surface area contributed by atoms with Gasteiger partial charge in [0.05, 0.1) is 25.1 Å². The molecule has 0 aromatic carbocycles. The number of rotatable bonds is 3. The number of hydrogen-bond donors (Lipinski definition) is 0. The molecule has 0 saturated carbocycles. The minimum Gasteiger partial charge on any atom is -0.462 e. The second-order valence-electron chi connectivity index (χ2n) is 5.73. The maximum atomic E-state index is 12.6. The van der Waals surface area contributed by atoms with Crippen molar-refractivity contribution in [3.63, 3.8) is 0 Å². The Hall–Kier alpha value is -2.90. The first-order valence-corrected chi connectivity index (χ1v) is 8.06. The molecule has 0 bridgehead atoms. The second kappa shape index (κ2) is 6.92. The highest BCUT2D eigenvalue weighted by Gasteiger charge is 2.30. The fourth-order valence-corrected chi connectivity index (χ4v) is 3.08. The van der Waals surface area contributed by atoms with Crippen LogP contribution in [0.2, 0.25) is 0 Å². The van der Waals surface area contributed by atoms with Crippen molar-refractivity contribution in [1.82, 2.24) is 14.5 Å². The van der Waals surface area contributed by atoms with E-state index in [-0.39, 0.29) is 18.2 Å². The van der Waals surface area contributed by atoms with E-state index in [1.165, 1.54) is 13.3 Å². The van der Waals surface area contributed by atoms with Gasteiger partial charge in [-0.05, 0) is 25.5 Å². The molecule has 1 aliphatic rings. The Balaban J connectivity index is 2.08. The van der Waals surface area contributed by atoms with Gasteiger partial charge < -0.3 is 18.9 Å². The number of likely N-dealkylation sites (tertiary alicyclic amines) is 1. The third-order valence-corrected chi connectivity index (χ3v) is 4.27. The zero-order valence-electron chi connectivity index (χ0n) is 14.1. The van der Waals surface area contributed by atoms with Gasteiger partial charge in [0, 0.05) is 25.5 Å². The minimum atomic E-state index is -0.658. The first-order chi connectivity index (χ1) is 12.1. The number of ether oxygens (including phenoxy) is 2. The molecule has 8 heteroatoms. The normalized spacial score (nSPS) is 16.9. The number of methoxy groups -OCH3 is 1. The largest absolute Gasteiger partial charge is 0.462 e. The van der Waals surface area contributed by atoms with E-state index in [1.807, 2.05) is 0 Å². The number of hydrogen-bond acceptors (Lipinski definition) is 6. The Kier molecular flexibility index (Phi) is 4.69. The van der Waals surface area contributed by atoms with Crippen molar-refractivity contribution in [3.05, 3.63) is 40.3 Å². The van der Waals surface area contributed by atoms with Crippen LogP contribution in [0.3, 0.4) is 0 Å². The number of pyridine rings is 2. The molecule has 0 radical (unpaired) electrons. The Labute approximate surface area is 144 Å². The van der Waals surface area contributed by atoms with Crippen LogP contribution < -0.4 is 5.43 Å². The predicted octanol–water partition coefficient (Wildman–Crippen LogP) is 1.59. The van der Waals surface area contributed by atoms with Gasteiger partial charge in [-0.25, -0.2) is 14.6 Å². The van der Waals surface area contributed by atoms with Gasteiger partial charge >= 0.3 is 12.1 Å². The van der Waals surface area contributed by atoms with E-state index in [0.717, 1.165) is 0 Å².